The first-order chi connectivity index (χ1) is 11.8. The molecule has 0 radical (unpaired) electrons. The Hall–Kier alpha value is -3.00. The van der Waals surface area contributed by atoms with Crippen molar-refractivity contribution < 1.29 is 9.59 Å². The number of benzene rings is 3. The fourth-order valence-electron chi connectivity index (χ4n) is 3.15. The minimum atomic E-state index is -0.00435. The molecule has 0 atom stereocenters. The van der Waals surface area contributed by atoms with Gasteiger partial charge in [-0.3, -0.25) is 4.79 Å². The van der Waals surface area contributed by atoms with Crippen molar-refractivity contribution in [2.75, 3.05) is 0 Å². The average Bonchev–Trinajstić information content (AvgIpc) is 2.65. The number of ketones is 1. The first kappa shape index (κ1) is 14.6. The van der Waals surface area contributed by atoms with Crippen molar-refractivity contribution >= 4 is 26.8 Å². The van der Waals surface area contributed by atoms with Gasteiger partial charge in [0.15, 0.2) is 11.0 Å². The van der Waals surface area contributed by atoms with Crippen molar-refractivity contribution in [3.63, 3.8) is 0 Å². The molecule has 4 rings (SSSR count). The van der Waals surface area contributed by atoms with Crippen molar-refractivity contribution in [3.05, 3.63) is 95.1 Å². The molecule has 0 spiro atoms. The van der Waals surface area contributed by atoms with Crippen LogP contribution in [0.2, 0.25) is 0 Å². The molecule has 114 valence electrons. The van der Waals surface area contributed by atoms with E-state index in [-0.39, 0.29) is 5.78 Å². The number of fused-ring (bicyclic) bond motifs is 2. The molecular formula is C21H12O2S. The van der Waals surface area contributed by atoms with Crippen LogP contribution in [0.15, 0.2) is 72.8 Å². The number of carbonyl (C=O) groups excluding carboxylic acids is 2. The summed E-state index contributed by atoms with van der Waals surface area (Å²) in [7, 11) is 1.00. The number of hydrogen-bond acceptors (Lipinski definition) is 2. The lowest BCUT2D eigenvalue weighted by molar-refractivity contribution is 0.103. The Balaban J connectivity index is 2.10. The third kappa shape index (κ3) is 2.19. The Kier molecular flexibility index (Phi) is 3.58. The van der Waals surface area contributed by atoms with Crippen LogP contribution in [0.3, 0.4) is 0 Å². The van der Waals surface area contributed by atoms with Crippen LogP contribution in [0.1, 0.15) is 27.0 Å². The zero-order valence-electron chi connectivity index (χ0n) is 12.7. The van der Waals surface area contributed by atoms with Gasteiger partial charge in [0.2, 0.25) is 0 Å². The van der Waals surface area contributed by atoms with Gasteiger partial charge in [-0.25, -0.2) is 4.79 Å². The van der Waals surface area contributed by atoms with Gasteiger partial charge in [-0.15, -0.1) is 0 Å². The third-order valence-corrected chi connectivity index (χ3v) is 4.91. The molecule has 1 aliphatic rings. The molecule has 0 bridgehead atoms. The maximum absolute atomic E-state index is 13.1. The SMILES string of the molecule is O=C=S=C1c2ccccc2C(=O)c2c1cccc2-c1ccccc1. The first-order valence-corrected chi connectivity index (χ1v) is 8.37. The van der Waals surface area contributed by atoms with E-state index in [1.807, 2.05) is 78.0 Å². The first-order valence-electron chi connectivity index (χ1n) is 7.55. The summed E-state index contributed by atoms with van der Waals surface area (Å²) in [6.07, 6.45) is 0. The van der Waals surface area contributed by atoms with Gasteiger partial charge < -0.3 is 0 Å². The average molecular weight is 328 g/mol. The van der Waals surface area contributed by atoms with Gasteiger partial charge in [-0.2, -0.15) is 0 Å². The molecule has 3 heteroatoms. The van der Waals surface area contributed by atoms with E-state index in [1.54, 1.807) is 0 Å². The van der Waals surface area contributed by atoms with Crippen LogP contribution in [0.25, 0.3) is 11.1 Å². The predicted octanol–water partition coefficient (Wildman–Crippen LogP) is 4.27. The van der Waals surface area contributed by atoms with E-state index in [9.17, 15) is 9.59 Å². The normalized spacial score (nSPS) is 12.2. The number of carbonyl (C=O) groups is 1. The Morgan fingerprint density at radius 3 is 2.04 bits per heavy atom. The van der Waals surface area contributed by atoms with Gasteiger partial charge in [0, 0.05) is 22.3 Å². The van der Waals surface area contributed by atoms with E-state index < -0.39 is 0 Å². The molecule has 0 N–H and O–H groups in total. The molecule has 0 heterocycles. The lowest BCUT2D eigenvalue weighted by Crippen LogP contribution is -2.21. The van der Waals surface area contributed by atoms with E-state index in [2.05, 4.69) is 0 Å². The minimum absolute atomic E-state index is 0.00435. The van der Waals surface area contributed by atoms with Crippen molar-refractivity contribution in [2.24, 2.45) is 0 Å². The Morgan fingerprint density at radius 2 is 1.29 bits per heavy atom. The van der Waals surface area contributed by atoms with E-state index in [0.717, 1.165) is 38.1 Å². The Morgan fingerprint density at radius 1 is 0.667 bits per heavy atom. The van der Waals surface area contributed by atoms with Crippen molar-refractivity contribution in [3.8, 4) is 11.1 Å². The van der Waals surface area contributed by atoms with Crippen molar-refractivity contribution in [1.29, 1.82) is 0 Å². The van der Waals surface area contributed by atoms with Crippen LogP contribution in [0, 0.1) is 0 Å². The van der Waals surface area contributed by atoms with Crippen LogP contribution in [0.5, 0.6) is 0 Å². The van der Waals surface area contributed by atoms with Gasteiger partial charge in [0.1, 0.15) is 0 Å². The van der Waals surface area contributed by atoms with Crippen LogP contribution in [-0.2, 0) is 4.79 Å². The highest BCUT2D eigenvalue weighted by Gasteiger charge is 2.29. The summed E-state index contributed by atoms with van der Waals surface area (Å²) >= 11 is 0. The van der Waals surface area contributed by atoms with Gasteiger partial charge >= 0.3 is 0 Å². The topological polar surface area (TPSA) is 34.1 Å². The maximum Gasteiger partial charge on any atom is 0.194 e. The predicted molar refractivity (Wildman–Crippen MR) is 98.2 cm³/mol. The standard InChI is InChI=1S/C21H12O2S/c22-13-24-21-17-10-5-4-9-16(17)20(23)19-15(11-6-12-18(19)21)14-7-2-1-3-8-14/h1-12H. The van der Waals surface area contributed by atoms with Gasteiger partial charge in [-0.1, -0.05) is 72.8 Å². The molecule has 0 unspecified atom stereocenters. The molecule has 0 amide bonds. The van der Waals surface area contributed by atoms with Gasteiger partial charge in [0.25, 0.3) is 0 Å². The highest BCUT2D eigenvalue weighted by Crippen LogP contribution is 2.34. The van der Waals surface area contributed by atoms with Gasteiger partial charge in [-0.05, 0) is 22.1 Å². The Labute approximate surface area is 142 Å². The molecule has 3 aromatic rings. The van der Waals surface area contributed by atoms with Crippen molar-refractivity contribution in [1.82, 2.24) is 0 Å². The fraction of sp³-hybridized carbons (Fsp3) is 0. The summed E-state index contributed by atoms with van der Waals surface area (Å²) in [5.74, 6) is -0.00435. The smallest absolute Gasteiger partial charge is 0.194 e. The minimum Gasteiger partial charge on any atom is -0.289 e. The zero-order valence-corrected chi connectivity index (χ0v) is 13.5. The second-order valence-corrected chi connectivity index (χ2v) is 6.26. The summed E-state index contributed by atoms with van der Waals surface area (Å²) in [6.45, 7) is 0. The molecule has 3 aromatic carbocycles. The molecule has 2 nitrogen and oxygen atoms in total. The summed E-state index contributed by atoms with van der Waals surface area (Å²) < 4.78 is 0. The van der Waals surface area contributed by atoms with E-state index >= 15 is 0 Å². The quantitative estimate of drug-likeness (QED) is 0.489. The lowest BCUT2D eigenvalue weighted by atomic mass is 9.81. The molecule has 0 fully saturated rings. The number of hydrogen-bond donors (Lipinski definition) is 0. The molecule has 0 aliphatic heterocycles. The van der Waals surface area contributed by atoms with Crippen LogP contribution >= 0.6 is 10.9 Å². The van der Waals surface area contributed by atoms with Crippen molar-refractivity contribution in [2.45, 2.75) is 0 Å². The highest BCUT2D eigenvalue weighted by molar-refractivity contribution is 7.97. The van der Waals surface area contributed by atoms with Crippen LogP contribution in [-0.4, -0.2) is 15.9 Å². The zero-order chi connectivity index (χ0) is 16.5. The summed E-state index contributed by atoms with van der Waals surface area (Å²) in [4.78, 5) is 25.0. The highest BCUT2D eigenvalue weighted by atomic mass is 32.1. The van der Waals surface area contributed by atoms with E-state index in [1.165, 1.54) is 0 Å². The summed E-state index contributed by atoms with van der Waals surface area (Å²) in [5.41, 5.74) is 4.76. The molecule has 0 aromatic heterocycles. The van der Waals surface area contributed by atoms with Gasteiger partial charge in [0.05, 0.1) is 4.86 Å². The van der Waals surface area contributed by atoms with Crippen LogP contribution in [0.4, 0.5) is 0 Å². The molecular weight excluding hydrogens is 316 g/mol. The van der Waals surface area contributed by atoms with Crippen LogP contribution < -0.4 is 0 Å². The van der Waals surface area contributed by atoms with E-state index in [4.69, 9.17) is 0 Å². The molecule has 0 saturated carbocycles. The maximum atomic E-state index is 13.1. The summed E-state index contributed by atoms with van der Waals surface area (Å²) in [6, 6.07) is 23.0. The molecule has 24 heavy (non-hydrogen) atoms. The third-order valence-electron chi connectivity index (χ3n) is 4.18. The summed E-state index contributed by atoms with van der Waals surface area (Å²) in [5, 5.41) is 1.91. The molecule has 0 saturated heterocycles. The monoisotopic (exact) mass is 328 g/mol. The Bertz CT molecular complexity index is 1050. The van der Waals surface area contributed by atoms with E-state index in [0.29, 0.717) is 11.1 Å². The molecule has 1 aliphatic carbocycles. The lowest BCUT2D eigenvalue weighted by Gasteiger charge is -2.22. The number of rotatable bonds is 1. The largest absolute Gasteiger partial charge is 0.289 e. The second-order valence-electron chi connectivity index (χ2n) is 5.48. The second kappa shape index (κ2) is 5.89. The fourth-order valence-corrected chi connectivity index (χ4v) is 3.81.